The fraction of sp³-hybridized carbons (Fsp3) is 0.944. The Morgan fingerprint density at radius 2 is 1.67 bits per heavy atom. The van der Waals surface area contributed by atoms with Crippen molar-refractivity contribution in [1.29, 1.82) is 0 Å². The number of nitrogens with one attached hydrogen (secondary N) is 2. The lowest BCUT2D eigenvalue weighted by atomic mass is 9.44. The van der Waals surface area contributed by atoms with E-state index in [0.29, 0.717) is 52.4 Å². The minimum Gasteiger partial charge on any atom is -0.353 e. The van der Waals surface area contributed by atoms with Gasteiger partial charge >= 0.3 is 0 Å². The molecule has 2 N–H and O–H groups in total. The van der Waals surface area contributed by atoms with Gasteiger partial charge in [0, 0.05) is 44.6 Å². The van der Waals surface area contributed by atoms with Gasteiger partial charge in [-0.3, -0.25) is 9.59 Å². The first kappa shape index (κ1) is 29.2. The van der Waals surface area contributed by atoms with Gasteiger partial charge in [-0.05, 0) is 116 Å². The smallest absolute Gasteiger partial charge is 0.232 e. The highest BCUT2D eigenvalue weighted by atomic mass is 16.7. The lowest BCUT2D eigenvalue weighted by Gasteiger charge is -2.61. The minimum absolute atomic E-state index is 0.0183. The molecule has 3 unspecified atom stereocenters. The van der Waals surface area contributed by atoms with Gasteiger partial charge in [0.2, 0.25) is 11.8 Å². The van der Waals surface area contributed by atoms with E-state index >= 15 is 0 Å². The molecule has 1 spiro atoms. The average Bonchev–Trinajstić information content (AvgIpc) is 3.71. The van der Waals surface area contributed by atoms with Crippen LogP contribution in [0.4, 0.5) is 0 Å². The van der Waals surface area contributed by atoms with Gasteiger partial charge in [0.25, 0.3) is 0 Å². The molecule has 43 heavy (non-hydrogen) atoms. The van der Waals surface area contributed by atoms with Crippen LogP contribution in [-0.2, 0) is 19.1 Å². The van der Waals surface area contributed by atoms with Crippen LogP contribution < -0.4 is 10.6 Å². The SMILES string of the molecule is C[C@H]1CC[C@@]2(OC1)O[C@H]1C[C@H]3[C@@H]4CC[C@@H]5CC(NC(=O)CC(=O)N6CC7CNCC7C6)CC[C@]5(C)[C@H]4CC[C@]3(C)[C@H]1[C@@H]2C. The molecule has 7 heteroatoms. The lowest BCUT2D eigenvalue weighted by molar-refractivity contribution is -0.273. The van der Waals surface area contributed by atoms with E-state index in [9.17, 15) is 9.59 Å². The number of likely N-dealkylation sites (tertiary alicyclic amines) is 1. The molecule has 8 rings (SSSR count). The number of hydrogen-bond donors (Lipinski definition) is 2. The Bertz CT molecular complexity index is 1110. The molecule has 0 bridgehead atoms. The van der Waals surface area contributed by atoms with Crippen molar-refractivity contribution >= 4 is 11.8 Å². The van der Waals surface area contributed by atoms with Gasteiger partial charge in [-0.2, -0.15) is 0 Å². The van der Waals surface area contributed by atoms with Crippen molar-refractivity contribution in [3.05, 3.63) is 0 Å². The second-order valence-electron chi connectivity index (χ2n) is 17.4. The van der Waals surface area contributed by atoms with E-state index in [-0.39, 0.29) is 30.1 Å². The number of fused-ring (bicyclic) bond motifs is 8. The molecule has 7 nitrogen and oxygen atoms in total. The number of ether oxygens (including phenoxy) is 2. The quantitative estimate of drug-likeness (QED) is 0.450. The van der Waals surface area contributed by atoms with Crippen LogP contribution in [0.15, 0.2) is 0 Å². The largest absolute Gasteiger partial charge is 0.353 e. The van der Waals surface area contributed by atoms with E-state index < -0.39 is 0 Å². The molecular weight excluding hydrogens is 538 g/mol. The molecule has 4 aliphatic carbocycles. The fourth-order valence-electron chi connectivity index (χ4n) is 13.0. The average molecular weight is 596 g/mol. The summed E-state index contributed by atoms with van der Waals surface area (Å²) in [5, 5.41) is 6.75. The molecule has 4 heterocycles. The molecular formula is C36H57N3O4. The van der Waals surface area contributed by atoms with Crippen molar-refractivity contribution < 1.29 is 19.1 Å². The third kappa shape index (κ3) is 4.51. The van der Waals surface area contributed by atoms with Gasteiger partial charge in [-0.1, -0.05) is 27.7 Å². The third-order valence-corrected chi connectivity index (χ3v) is 15.4. The fourth-order valence-corrected chi connectivity index (χ4v) is 13.0. The normalized spacial score (nSPS) is 53.6. The summed E-state index contributed by atoms with van der Waals surface area (Å²) >= 11 is 0. The van der Waals surface area contributed by atoms with Gasteiger partial charge in [0.05, 0.1) is 12.7 Å². The van der Waals surface area contributed by atoms with E-state index in [1.165, 1.54) is 44.9 Å². The number of rotatable bonds is 3. The molecule has 8 aliphatic rings. The second kappa shape index (κ2) is 10.4. The molecule has 4 saturated heterocycles. The Morgan fingerprint density at radius 1 is 0.907 bits per heavy atom. The molecule has 8 fully saturated rings. The van der Waals surface area contributed by atoms with Crippen LogP contribution in [0.2, 0.25) is 0 Å². The Labute approximate surface area is 259 Å². The summed E-state index contributed by atoms with van der Waals surface area (Å²) in [5.74, 6) is 5.59. The van der Waals surface area contributed by atoms with Crippen LogP contribution in [0.1, 0.15) is 98.3 Å². The van der Waals surface area contributed by atoms with Crippen molar-refractivity contribution in [2.75, 3.05) is 32.8 Å². The molecule has 0 radical (unpaired) electrons. The zero-order valence-electron chi connectivity index (χ0n) is 27.2. The Hall–Kier alpha value is -1.18. The Morgan fingerprint density at radius 3 is 2.42 bits per heavy atom. The van der Waals surface area contributed by atoms with Crippen LogP contribution in [0.3, 0.4) is 0 Å². The molecule has 4 saturated carbocycles. The van der Waals surface area contributed by atoms with Crippen LogP contribution in [0.5, 0.6) is 0 Å². The molecule has 0 aromatic rings. The summed E-state index contributed by atoms with van der Waals surface area (Å²) in [6, 6.07) is 0.223. The number of carbonyl (C=O) groups excluding carboxylic acids is 2. The minimum atomic E-state index is -0.325. The summed E-state index contributed by atoms with van der Waals surface area (Å²) in [6.45, 7) is 14.5. The number of nitrogens with zero attached hydrogens (tertiary/aromatic N) is 1. The highest BCUT2D eigenvalue weighted by Gasteiger charge is 2.69. The summed E-state index contributed by atoms with van der Waals surface area (Å²) in [7, 11) is 0. The topological polar surface area (TPSA) is 79.9 Å². The van der Waals surface area contributed by atoms with Crippen molar-refractivity contribution in [3.8, 4) is 0 Å². The monoisotopic (exact) mass is 595 g/mol. The van der Waals surface area contributed by atoms with Crippen molar-refractivity contribution in [3.63, 3.8) is 0 Å². The first-order valence-corrected chi connectivity index (χ1v) is 18.2. The van der Waals surface area contributed by atoms with E-state index in [1.807, 2.05) is 4.90 Å². The van der Waals surface area contributed by atoms with Gasteiger partial charge < -0.3 is 25.0 Å². The third-order valence-electron chi connectivity index (χ3n) is 15.4. The van der Waals surface area contributed by atoms with E-state index in [0.717, 1.165) is 69.8 Å². The number of carbonyl (C=O) groups is 2. The highest BCUT2D eigenvalue weighted by Crippen LogP contribution is 2.71. The summed E-state index contributed by atoms with van der Waals surface area (Å²) in [6.07, 6.45) is 12.6. The Kier molecular flexibility index (Phi) is 7.08. The standard InChI is InChI=1S/C36H57N3O4/c1-21-7-12-36(42-20-21)22(2)33-30(43-36)14-29-27-6-5-25-13-26(8-10-34(25,3)28(27)9-11-35(29,33)4)38-31(40)15-32(41)39-18-23-16-37-17-24(23)19-39/h21-30,33,37H,5-20H2,1-4H3,(H,38,40)/t21-,22-,23?,24?,25+,26?,27+,28-,29-,30-,33-,34-,35-,36+/m0/s1. The molecule has 0 aromatic heterocycles. The maximum absolute atomic E-state index is 13.0. The van der Waals surface area contributed by atoms with Crippen LogP contribution >= 0.6 is 0 Å². The summed E-state index contributed by atoms with van der Waals surface area (Å²) in [5.41, 5.74) is 0.739. The zero-order valence-corrected chi connectivity index (χ0v) is 27.2. The molecule has 0 aromatic carbocycles. The molecule has 4 aliphatic heterocycles. The van der Waals surface area contributed by atoms with Crippen LogP contribution in [-0.4, -0.2) is 67.4 Å². The van der Waals surface area contributed by atoms with Gasteiger partial charge in [-0.25, -0.2) is 0 Å². The van der Waals surface area contributed by atoms with Crippen molar-refractivity contribution in [1.82, 2.24) is 15.5 Å². The van der Waals surface area contributed by atoms with Crippen LogP contribution in [0.25, 0.3) is 0 Å². The predicted molar refractivity (Wildman–Crippen MR) is 165 cm³/mol. The first-order chi connectivity index (χ1) is 20.6. The summed E-state index contributed by atoms with van der Waals surface area (Å²) < 4.78 is 13.5. The van der Waals surface area contributed by atoms with E-state index in [4.69, 9.17) is 9.47 Å². The predicted octanol–water partition coefficient (Wildman–Crippen LogP) is 4.99. The first-order valence-electron chi connectivity index (χ1n) is 18.2. The molecule has 240 valence electrons. The maximum Gasteiger partial charge on any atom is 0.232 e. The maximum atomic E-state index is 13.0. The van der Waals surface area contributed by atoms with Crippen LogP contribution in [0, 0.1) is 64.1 Å². The van der Waals surface area contributed by atoms with Gasteiger partial charge in [0.1, 0.15) is 6.42 Å². The molecule has 2 amide bonds. The lowest BCUT2D eigenvalue weighted by Crippen LogP contribution is -2.56. The van der Waals surface area contributed by atoms with Crippen molar-refractivity contribution in [2.45, 2.75) is 116 Å². The van der Waals surface area contributed by atoms with Crippen molar-refractivity contribution in [2.24, 2.45) is 64.1 Å². The number of hydrogen-bond acceptors (Lipinski definition) is 5. The highest BCUT2D eigenvalue weighted by molar-refractivity contribution is 5.97. The zero-order chi connectivity index (χ0) is 29.7. The van der Waals surface area contributed by atoms with E-state index in [1.54, 1.807) is 0 Å². The van der Waals surface area contributed by atoms with E-state index in [2.05, 4.69) is 38.3 Å². The second-order valence-corrected chi connectivity index (χ2v) is 17.4. The number of amides is 2. The Balaban J connectivity index is 0.888. The van der Waals surface area contributed by atoms with Gasteiger partial charge in [-0.15, -0.1) is 0 Å². The van der Waals surface area contributed by atoms with Gasteiger partial charge in [0.15, 0.2) is 5.79 Å². The summed E-state index contributed by atoms with van der Waals surface area (Å²) in [4.78, 5) is 27.9. The molecule has 14 atom stereocenters.